The van der Waals surface area contributed by atoms with Crippen LogP contribution in [0.4, 0.5) is 0 Å². The van der Waals surface area contributed by atoms with Crippen molar-refractivity contribution in [3.05, 3.63) is 175 Å². The van der Waals surface area contributed by atoms with Crippen molar-refractivity contribution in [3.8, 4) is 40.1 Å². The summed E-state index contributed by atoms with van der Waals surface area (Å²) in [6.07, 6.45) is 0. The predicted molar refractivity (Wildman–Crippen MR) is 198 cm³/mol. The van der Waals surface area contributed by atoms with Gasteiger partial charge in [0, 0.05) is 22.0 Å². The molecule has 0 saturated carbocycles. The van der Waals surface area contributed by atoms with Crippen LogP contribution in [0.25, 0.3) is 49.7 Å². The van der Waals surface area contributed by atoms with Crippen molar-refractivity contribution in [2.75, 3.05) is 0 Å². The highest BCUT2D eigenvalue weighted by molar-refractivity contribution is 7.22. The average molecular weight is 626 g/mol. The number of nitriles is 2. The van der Waals surface area contributed by atoms with E-state index in [4.69, 9.17) is 0 Å². The van der Waals surface area contributed by atoms with Gasteiger partial charge in [-0.15, -0.1) is 0 Å². The molecule has 8 aromatic rings. The first-order valence-electron chi connectivity index (χ1n) is 16.1. The van der Waals surface area contributed by atoms with Crippen LogP contribution in [0.1, 0.15) is 11.1 Å². The minimum absolute atomic E-state index is 0.494. The highest BCUT2D eigenvalue weighted by Crippen LogP contribution is 2.38. The van der Waals surface area contributed by atoms with Gasteiger partial charge in [0.25, 0.3) is 0 Å². The molecule has 2 heterocycles. The Morgan fingerprint density at radius 3 is 1.77 bits per heavy atom. The van der Waals surface area contributed by atoms with Gasteiger partial charge in [-0.2, -0.15) is 10.5 Å². The van der Waals surface area contributed by atoms with Crippen LogP contribution in [0.3, 0.4) is 0 Å². The van der Waals surface area contributed by atoms with Crippen molar-refractivity contribution in [2.24, 2.45) is 0 Å². The standard InChI is InChI=1S/C44H27N3Si/c45-28-31-12-11-13-32(29-46)44(31)30-22-24-37-36-18-7-9-20-40(36)47(41(37)26-30)33-23-25-43-39(27-33)38-19-8-10-21-42(38)48(43,34-14-3-1-4-15-34)35-16-5-2-6-17-35/h1-27H. The van der Waals surface area contributed by atoms with Gasteiger partial charge in [0.2, 0.25) is 0 Å². The lowest BCUT2D eigenvalue weighted by Gasteiger charge is -2.31. The van der Waals surface area contributed by atoms with Crippen molar-refractivity contribution >= 4 is 50.6 Å². The number of aromatic nitrogens is 1. The lowest BCUT2D eigenvalue weighted by Crippen LogP contribution is -2.72. The number of hydrogen-bond donors (Lipinski definition) is 0. The Balaban J connectivity index is 1.34. The normalized spacial score (nSPS) is 12.7. The first-order valence-corrected chi connectivity index (χ1v) is 18.1. The van der Waals surface area contributed by atoms with Crippen LogP contribution in [0, 0.1) is 22.7 Å². The molecule has 0 radical (unpaired) electrons. The number of benzene rings is 7. The zero-order chi connectivity index (χ0) is 32.2. The number of hydrogen-bond acceptors (Lipinski definition) is 2. The first-order chi connectivity index (χ1) is 23.7. The fourth-order valence-corrected chi connectivity index (χ4v) is 13.2. The molecule has 0 unspecified atom stereocenters. The minimum atomic E-state index is -2.59. The molecule has 1 aliphatic heterocycles. The second-order valence-corrected chi connectivity index (χ2v) is 16.0. The van der Waals surface area contributed by atoms with Crippen molar-refractivity contribution in [1.29, 1.82) is 10.5 Å². The molecular weight excluding hydrogens is 599 g/mol. The Kier molecular flexibility index (Phi) is 6.27. The van der Waals surface area contributed by atoms with Crippen LogP contribution in [-0.4, -0.2) is 12.6 Å². The Bertz CT molecular complexity index is 2570. The van der Waals surface area contributed by atoms with Crippen molar-refractivity contribution in [1.82, 2.24) is 4.57 Å². The van der Waals surface area contributed by atoms with Gasteiger partial charge in [-0.1, -0.05) is 127 Å². The van der Waals surface area contributed by atoms with Crippen LogP contribution < -0.4 is 20.7 Å². The van der Waals surface area contributed by atoms with Gasteiger partial charge in [0.05, 0.1) is 34.3 Å². The lowest BCUT2D eigenvalue weighted by atomic mass is 9.94. The molecule has 48 heavy (non-hydrogen) atoms. The molecular formula is C44H27N3Si. The monoisotopic (exact) mass is 625 g/mol. The van der Waals surface area contributed by atoms with Crippen LogP contribution in [-0.2, 0) is 0 Å². The molecule has 0 saturated heterocycles. The van der Waals surface area contributed by atoms with E-state index in [0.29, 0.717) is 16.7 Å². The Labute approximate surface area is 279 Å². The summed E-state index contributed by atoms with van der Waals surface area (Å²) < 4.78 is 2.34. The summed E-state index contributed by atoms with van der Waals surface area (Å²) >= 11 is 0. The first kappa shape index (κ1) is 27.8. The Hall–Kier alpha value is -6.46. The maximum absolute atomic E-state index is 9.98. The van der Waals surface area contributed by atoms with E-state index >= 15 is 0 Å². The Morgan fingerprint density at radius 2 is 1.06 bits per heavy atom. The highest BCUT2D eigenvalue weighted by Gasteiger charge is 2.48. The second-order valence-electron chi connectivity index (χ2n) is 12.3. The summed E-state index contributed by atoms with van der Waals surface area (Å²) in [5.41, 5.74) is 8.29. The van der Waals surface area contributed by atoms with E-state index in [2.05, 4.69) is 156 Å². The number of rotatable bonds is 4. The van der Waals surface area contributed by atoms with E-state index < -0.39 is 8.07 Å². The van der Waals surface area contributed by atoms with E-state index in [1.165, 1.54) is 31.9 Å². The molecule has 0 atom stereocenters. The smallest absolute Gasteiger partial charge is 0.180 e. The van der Waals surface area contributed by atoms with Crippen molar-refractivity contribution < 1.29 is 0 Å². The Morgan fingerprint density at radius 1 is 0.458 bits per heavy atom. The van der Waals surface area contributed by atoms with Gasteiger partial charge in [-0.3, -0.25) is 0 Å². The van der Waals surface area contributed by atoms with Crippen molar-refractivity contribution in [2.45, 2.75) is 0 Å². The van der Waals surface area contributed by atoms with E-state index in [1.807, 2.05) is 6.07 Å². The molecule has 0 amide bonds. The van der Waals surface area contributed by atoms with Crippen LogP contribution in [0.5, 0.6) is 0 Å². The summed E-state index contributed by atoms with van der Waals surface area (Å²) in [5.74, 6) is 0. The van der Waals surface area contributed by atoms with Gasteiger partial charge >= 0.3 is 0 Å². The molecule has 0 bridgehead atoms. The molecule has 9 rings (SSSR count). The van der Waals surface area contributed by atoms with Crippen LogP contribution >= 0.6 is 0 Å². The maximum Gasteiger partial charge on any atom is 0.180 e. The van der Waals surface area contributed by atoms with Gasteiger partial charge < -0.3 is 4.57 Å². The van der Waals surface area contributed by atoms with Crippen molar-refractivity contribution in [3.63, 3.8) is 0 Å². The van der Waals surface area contributed by atoms with Gasteiger partial charge in [-0.25, -0.2) is 0 Å². The van der Waals surface area contributed by atoms with Gasteiger partial charge in [0.15, 0.2) is 8.07 Å². The topological polar surface area (TPSA) is 52.5 Å². The fourth-order valence-electron chi connectivity index (χ4n) is 8.03. The minimum Gasteiger partial charge on any atom is -0.309 e. The summed E-state index contributed by atoms with van der Waals surface area (Å²) in [6.45, 7) is 0. The quantitative estimate of drug-likeness (QED) is 0.190. The van der Waals surface area contributed by atoms with Crippen LogP contribution in [0.15, 0.2) is 164 Å². The third kappa shape index (κ3) is 3.85. The molecule has 0 N–H and O–H groups in total. The number of fused-ring (bicyclic) bond motifs is 6. The molecule has 1 aliphatic rings. The van der Waals surface area contributed by atoms with E-state index in [-0.39, 0.29) is 0 Å². The highest BCUT2D eigenvalue weighted by atomic mass is 28.3. The summed E-state index contributed by atoms with van der Waals surface area (Å²) in [6, 6.07) is 62.9. The van der Waals surface area contributed by atoms with E-state index in [9.17, 15) is 10.5 Å². The predicted octanol–water partition coefficient (Wildman–Crippen LogP) is 7.55. The SMILES string of the molecule is N#Cc1cccc(C#N)c1-c1ccc2c3ccccc3n(-c3ccc4c(c3)-c3ccccc3[Si]4(c3ccccc3)c3ccccc3)c2c1. The fraction of sp³-hybridized carbons (Fsp3) is 0. The molecule has 3 nitrogen and oxygen atoms in total. The van der Waals surface area contributed by atoms with Crippen LogP contribution in [0.2, 0.25) is 0 Å². The molecule has 0 aliphatic carbocycles. The third-order valence-corrected chi connectivity index (χ3v) is 14.9. The molecule has 4 heteroatoms. The van der Waals surface area contributed by atoms with E-state index in [0.717, 1.165) is 33.1 Å². The number of nitrogens with zero attached hydrogens (tertiary/aromatic N) is 3. The summed E-state index contributed by atoms with van der Waals surface area (Å²) in [7, 11) is -2.59. The average Bonchev–Trinajstić information content (AvgIpc) is 3.65. The van der Waals surface area contributed by atoms with Gasteiger partial charge in [-0.05, 0) is 73.8 Å². The molecule has 222 valence electrons. The third-order valence-electron chi connectivity index (χ3n) is 9.97. The zero-order valence-corrected chi connectivity index (χ0v) is 26.9. The molecule has 7 aromatic carbocycles. The zero-order valence-electron chi connectivity index (χ0n) is 25.9. The molecule has 1 aromatic heterocycles. The number of para-hydroxylation sites is 1. The largest absolute Gasteiger partial charge is 0.309 e. The lowest BCUT2D eigenvalue weighted by molar-refractivity contribution is 1.18. The van der Waals surface area contributed by atoms with Gasteiger partial charge in [0.1, 0.15) is 0 Å². The maximum atomic E-state index is 9.98. The molecule has 0 spiro atoms. The van der Waals surface area contributed by atoms with E-state index in [1.54, 1.807) is 18.2 Å². The summed E-state index contributed by atoms with van der Waals surface area (Å²) in [4.78, 5) is 0. The second kappa shape index (κ2) is 10.8. The molecule has 0 fully saturated rings. The summed E-state index contributed by atoms with van der Waals surface area (Å²) in [5, 5.41) is 27.8.